The molecule has 5 aromatic carbocycles. The third-order valence-corrected chi connectivity index (χ3v) is 9.32. The molecule has 1 unspecified atom stereocenters. The Morgan fingerprint density at radius 3 is 2.00 bits per heavy atom. The van der Waals surface area contributed by atoms with Crippen molar-refractivity contribution in [2.24, 2.45) is 5.92 Å². The maximum absolute atomic E-state index is 2.39. The topological polar surface area (TPSA) is 4.93 Å². The van der Waals surface area contributed by atoms with E-state index in [-0.39, 0.29) is 0 Å². The van der Waals surface area contributed by atoms with Gasteiger partial charge in [-0.3, -0.25) is 0 Å². The number of nitrogens with zero attached hydrogens (tertiary/aromatic N) is 1. The molecule has 2 heterocycles. The van der Waals surface area contributed by atoms with E-state index in [1.807, 2.05) is 11.3 Å². The molecule has 0 N–H and O–H groups in total. The van der Waals surface area contributed by atoms with E-state index in [2.05, 4.69) is 139 Å². The second-order valence-electron chi connectivity index (χ2n) is 10.7. The van der Waals surface area contributed by atoms with Crippen molar-refractivity contribution in [3.8, 4) is 27.9 Å². The van der Waals surface area contributed by atoms with Gasteiger partial charge in [0.1, 0.15) is 0 Å². The number of benzene rings is 5. The monoisotopic (exact) mass is 517 g/mol. The molecule has 0 saturated carbocycles. The SMILES string of the molecule is CC1C=Cc2c(sc3ccc(-c4cccc(-c5cccc(-n6c7ccccc7c7ccccc76)c5)c4)cc23)C1. The summed E-state index contributed by atoms with van der Waals surface area (Å²) in [4.78, 5) is 1.52. The predicted molar refractivity (Wildman–Crippen MR) is 169 cm³/mol. The lowest BCUT2D eigenvalue weighted by Crippen LogP contribution is -1.99. The van der Waals surface area contributed by atoms with Crippen molar-refractivity contribution in [2.45, 2.75) is 13.3 Å². The highest BCUT2D eigenvalue weighted by atomic mass is 32.1. The van der Waals surface area contributed by atoms with Crippen LogP contribution in [-0.4, -0.2) is 4.57 Å². The summed E-state index contributed by atoms with van der Waals surface area (Å²) in [6, 6.07) is 42.3. The minimum Gasteiger partial charge on any atom is -0.309 e. The van der Waals surface area contributed by atoms with E-state index in [0.717, 1.165) is 6.42 Å². The molecule has 0 fully saturated rings. The zero-order valence-corrected chi connectivity index (χ0v) is 22.6. The van der Waals surface area contributed by atoms with E-state index in [1.165, 1.54) is 70.3 Å². The van der Waals surface area contributed by atoms with Crippen molar-refractivity contribution in [3.63, 3.8) is 0 Å². The van der Waals surface area contributed by atoms with E-state index in [4.69, 9.17) is 0 Å². The number of thiophene rings is 1. The molecule has 1 nitrogen and oxygen atoms in total. The van der Waals surface area contributed by atoms with Gasteiger partial charge in [0, 0.05) is 31.4 Å². The van der Waals surface area contributed by atoms with Crippen LogP contribution >= 0.6 is 11.3 Å². The van der Waals surface area contributed by atoms with Gasteiger partial charge in [0.2, 0.25) is 0 Å². The molecule has 2 aromatic heterocycles. The fraction of sp³-hybridized carbons (Fsp3) is 0.0811. The molecular formula is C37H27NS. The summed E-state index contributed by atoms with van der Waals surface area (Å²) >= 11 is 1.96. The standard InChI is InChI=1S/C37H27NS/c1-24-16-18-32-33-23-28(17-19-36(33)39-37(32)20-24)26-9-6-8-25(21-26)27-10-7-11-29(22-27)38-34-14-4-2-12-30(34)31-13-3-5-15-35(31)38/h2-19,21-24H,20H2,1H3. The van der Waals surface area contributed by atoms with Gasteiger partial charge in [0.15, 0.2) is 0 Å². The molecule has 0 aliphatic heterocycles. The summed E-state index contributed by atoms with van der Waals surface area (Å²) < 4.78 is 3.78. The van der Waals surface area contributed by atoms with Crippen LogP contribution in [0.25, 0.3) is 65.9 Å². The molecule has 1 aliphatic carbocycles. The van der Waals surface area contributed by atoms with Crippen molar-refractivity contribution < 1.29 is 0 Å². The van der Waals surface area contributed by atoms with Gasteiger partial charge in [0.05, 0.1) is 11.0 Å². The van der Waals surface area contributed by atoms with Crippen molar-refractivity contribution in [3.05, 3.63) is 132 Å². The molecule has 186 valence electrons. The van der Waals surface area contributed by atoms with Gasteiger partial charge in [-0.2, -0.15) is 0 Å². The van der Waals surface area contributed by atoms with Crippen LogP contribution < -0.4 is 0 Å². The number of allylic oxidation sites excluding steroid dienone is 1. The number of hydrogen-bond acceptors (Lipinski definition) is 1. The highest BCUT2D eigenvalue weighted by molar-refractivity contribution is 7.19. The lowest BCUT2D eigenvalue weighted by molar-refractivity contribution is 0.728. The summed E-state index contributed by atoms with van der Waals surface area (Å²) in [6.07, 6.45) is 5.84. The summed E-state index contributed by atoms with van der Waals surface area (Å²) in [5.74, 6) is 0.625. The zero-order chi connectivity index (χ0) is 25.9. The van der Waals surface area contributed by atoms with E-state index in [1.54, 1.807) is 0 Å². The molecule has 0 spiro atoms. The smallest absolute Gasteiger partial charge is 0.0541 e. The number of para-hydroxylation sites is 2. The van der Waals surface area contributed by atoms with Crippen LogP contribution in [0.1, 0.15) is 17.4 Å². The van der Waals surface area contributed by atoms with Crippen LogP contribution in [0.3, 0.4) is 0 Å². The van der Waals surface area contributed by atoms with Gasteiger partial charge < -0.3 is 4.57 Å². The Balaban J connectivity index is 1.23. The summed E-state index contributed by atoms with van der Waals surface area (Å²) in [7, 11) is 0. The Hall–Kier alpha value is -4.40. The predicted octanol–water partition coefficient (Wildman–Crippen LogP) is 10.5. The van der Waals surface area contributed by atoms with E-state index in [9.17, 15) is 0 Å². The van der Waals surface area contributed by atoms with Crippen molar-refractivity contribution in [1.82, 2.24) is 4.57 Å². The molecule has 8 rings (SSSR count). The first-order valence-corrected chi connectivity index (χ1v) is 14.5. The maximum Gasteiger partial charge on any atom is 0.0541 e. The average molecular weight is 518 g/mol. The number of rotatable bonds is 3. The second-order valence-corrected chi connectivity index (χ2v) is 11.8. The molecular weight excluding hydrogens is 490 g/mol. The first-order chi connectivity index (χ1) is 19.2. The van der Waals surface area contributed by atoms with Gasteiger partial charge in [-0.25, -0.2) is 0 Å². The van der Waals surface area contributed by atoms with Crippen LogP contribution in [0.5, 0.6) is 0 Å². The summed E-state index contributed by atoms with van der Waals surface area (Å²) in [5, 5.41) is 3.96. The first-order valence-electron chi connectivity index (χ1n) is 13.7. The molecule has 0 radical (unpaired) electrons. The van der Waals surface area contributed by atoms with Gasteiger partial charge in [-0.15, -0.1) is 11.3 Å². The Morgan fingerprint density at radius 2 is 1.26 bits per heavy atom. The lowest BCUT2D eigenvalue weighted by Gasteiger charge is -2.12. The third kappa shape index (κ3) is 3.67. The van der Waals surface area contributed by atoms with E-state index < -0.39 is 0 Å². The Bertz CT molecular complexity index is 2020. The molecule has 0 saturated heterocycles. The summed E-state index contributed by atoms with van der Waals surface area (Å²) in [5.41, 5.74) is 10.1. The average Bonchev–Trinajstić information content (AvgIpc) is 3.52. The van der Waals surface area contributed by atoms with Gasteiger partial charge >= 0.3 is 0 Å². The number of aromatic nitrogens is 1. The first kappa shape index (κ1) is 22.6. The molecule has 7 aromatic rings. The zero-order valence-electron chi connectivity index (χ0n) is 21.8. The molecule has 1 aliphatic rings. The second kappa shape index (κ2) is 8.83. The minimum atomic E-state index is 0.625. The Labute approximate surface area is 232 Å². The normalized spacial score (nSPS) is 14.8. The fourth-order valence-corrected chi connectivity index (χ4v) is 7.52. The quantitative estimate of drug-likeness (QED) is 0.220. The van der Waals surface area contributed by atoms with E-state index in [0.29, 0.717) is 5.92 Å². The largest absolute Gasteiger partial charge is 0.309 e. The third-order valence-electron chi connectivity index (χ3n) is 8.12. The van der Waals surface area contributed by atoms with Crippen LogP contribution in [0.15, 0.2) is 121 Å². The van der Waals surface area contributed by atoms with E-state index >= 15 is 0 Å². The maximum atomic E-state index is 2.39. The van der Waals surface area contributed by atoms with Crippen LogP contribution in [0.4, 0.5) is 0 Å². The number of hydrogen-bond donors (Lipinski definition) is 0. The van der Waals surface area contributed by atoms with Crippen LogP contribution in [0, 0.1) is 5.92 Å². The molecule has 0 bridgehead atoms. The Morgan fingerprint density at radius 1 is 0.615 bits per heavy atom. The Kier molecular flexibility index (Phi) is 5.11. The lowest BCUT2D eigenvalue weighted by atomic mass is 9.94. The van der Waals surface area contributed by atoms with Gasteiger partial charge in [-0.1, -0.05) is 91.9 Å². The highest BCUT2D eigenvalue weighted by Gasteiger charge is 2.17. The van der Waals surface area contributed by atoms with Gasteiger partial charge in [-0.05, 0) is 82.6 Å². The van der Waals surface area contributed by atoms with Crippen molar-refractivity contribution in [1.29, 1.82) is 0 Å². The molecule has 1 atom stereocenters. The molecule has 2 heteroatoms. The highest BCUT2D eigenvalue weighted by Crippen LogP contribution is 2.39. The summed E-state index contributed by atoms with van der Waals surface area (Å²) in [6.45, 7) is 2.30. The van der Waals surface area contributed by atoms with Crippen molar-refractivity contribution >= 4 is 49.3 Å². The van der Waals surface area contributed by atoms with Crippen LogP contribution in [0.2, 0.25) is 0 Å². The molecule has 0 amide bonds. The van der Waals surface area contributed by atoms with Crippen LogP contribution in [-0.2, 0) is 6.42 Å². The number of fused-ring (bicyclic) bond motifs is 6. The fourth-order valence-electron chi connectivity index (χ4n) is 6.21. The molecule has 39 heavy (non-hydrogen) atoms. The minimum absolute atomic E-state index is 0.625. The van der Waals surface area contributed by atoms with Gasteiger partial charge in [0.25, 0.3) is 0 Å². The van der Waals surface area contributed by atoms with Crippen molar-refractivity contribution in [2.75, 3.05) is 0 Å².